The van der Waals surface area contributed by atoms with Crippen molar-refractivity contribution in [2.75, 3.05) is 26.4 Å². The van der Waals surface area contributed by atoms with Crippen LogP contribution in [0.15, 0.2) is 18.2 Å². The molecule has 2 aliphatic rings. The highest BCUT2D eigenvalue weighted by molar-refractivity contribution is 5.49. The van der Waals surface area contributed by atoms with Gasteiger partial charge in [-0.1, -0.05) is 12.1 Å². The maximum absolute atomic E-state index is 5.78. The van der Waals surface area contributed by atoms with Crippen molar-refractivity contribution < 1.29 is 14.2 Å². The molecule has 2 heterocycles. The number of fused-ring (bicyclic) bond motifs is 1. The van der Waals surface area contributed by atoms with Crippen molar-refractivity contribution in [3.8, 4) is 11.5 Å². The third kappa shape index (κ3) is 2.54. The van der Waals surface area contributed by atoms with E-state index in [1.54, 1.807) is 0 Å². The average molecular weight is 264 g/mol. The Labute approximate surface area is 113 Å². The molecule has 1 fully saturated rings. The minimum atomic E-state index is 0.0838. The smallest absolute Gasteiger partial charge is 0.166 e. The molecule has 0 aromatic heterocycles. The summed E-state index contributed by atoms with van der Waals surface area (Å²) in [6, 6.07) is 6.08. The summed E-state index contributed by atoms with van der Waals surface area (Å²) < 4.78 is 16.8. The maximum Gasteiger partial charge on any atom is 0.166 e. The Bertz CT molecular complexity index is 433. The van der Waals surface area contributed by atoms with Gasteiger partial charge in [-0.25, -0.2) is 0 Å². The average Bonchev–Trinajstić information content (AvgIpc) is 2.49. The molecular formula is C14H20N2O3. The zero-order chi connectivity index (χ0) is 13.1. The molecule has 0 saturated carbocycles. The van der Waals surface area contributed by atoms with Crippen LogP contribution in [0, 0.1) is 5.92 Å². The van der Waals surface area contributed by atoms with Crippen LogP contribution in [0.2, 0.25) is 0 Å². The van der Waals surface area contributed by atoms with Crippen molar-refractivity contribution >= 4 is 0 Å². The number of nitrogens with one attached hydrogen (secondary N) is 1. The Morgan fingerprint density at radius 3 is 2.68 bits per heavy atom. The van der Waals surface area contributed by atoms with Gasteiger partial charge in [0.05, 0.1) is 6.04 Å². The number of para-hydroxylation sites is 1. The SMILES string of the molecule is NNC(c1cccc2c1OCCO2)C1CCOCC1. The molecule has 0 spiro atoms. The van der Waals surface area contributed by atoms with Crippen molar-refractivity contribution in [3.05, 3.63) is 23.8 Å². The van der Waals surface area contributed by atoms with Crippen molar-refractivity contribution in [1.82, 2.24) is 5.43 Å². The minimum Gasteiger partial charge on any atom is -0.486 e. The summed E-state index contributed by atoms with van der Waals surface area (Å²) in [5.41, 5.74) is 4.04. The van der Waals surface area contributed by atoms with E-state index in [0.717, 1.165) is 43.1 Å². The van der Waals surface area contributed by atoms with Gasteiger partial charge < -0.3 is 14.2 Å². The third-order valence-electron chi connectivity index (χ3n) is 3.85. The molecule has 104 valence electrons. The van der Waals surface area contributed by atoms with E-state index < -0.39 is 0 Å². The van der Waals surface area contributed by atoms with Gasteiger partial charge in [-0.3, -0.25) is 11.3 Å². The fourth-order valence-corrected chi connectivity index (χ4v) is 2.87. The molecule has 0 aliphatic carbocycles. The highest BCUT2D eigenvalue weighted by atomic mass is 16.6. The normalized spacial score (nSPS) is 21.1. The van der Waals surface area contributed by atoms with Crippen molar-refractivity contribution in [2.24, 2.45) is 11.8 Å². The lowest BCUT2D eigenvalue weighted by atomic mass is 9.87. The van der Waals surface area contributed by atoms with Gasteiger partial charge in [-0.15, -0.1) is 0 Å². The highest BCUT2D eigenvalue weighted by Crippen LogP contribution is 2.40. The summed E-state index contributed by atoms with van der Waals surface area (Å²) in [6.07, 6.45) is 2.03. The van der Waals surface area contributed by atoms with E-state index in [1.807, 2.05) is 12.1 Å². The van der Waals surface area contributed by atoms with Gasteiger partial charge in [0.1, 0.15) is 13.2 Å². The van der Waals surface area contributed by atoms with Gasteiger partial charge in [0, 0.05) is 18.8 Å². The first-order chi connectivity index (χ1) is 9.40. The van der Waals surface area contributed by atoms with E-state index in [0.29, 0.717) is 19.1 Å². The molecule has 0 radical (unpaired) electrons. The van der Waals surface area contributed by atoms with E-state index in [4.69, 9.17) is 20.1 Å². The summed E-state index contributed by atoms with van der Waals surface area (Å²) >= 11 is 0. The Hall–Kier alpha value is -1.30. The van der Waals surface area contributed by atoms with Crippen molar-refractivity contribution in [1.29, 1.82) is 0 Å². The lowest BCUT2D eigenvalue weighted by molar-refractivity contribution is 0.0528. The molecule has 0 bridgehead atoms. The predicted molar refractivity (Wildman–Crippen MR) is 71.0 cm³/mol. The maximum atomic E-state index is 5.78. The number of ether oxygens (including phenoxy) is 3. The van der Waals surface area contributed by atoms with Crippen LogP contribution in [0.4, 0.5) is 0 Å². The fourth-order valence-electron chi connectivity index (χ4n) is 2.87. The summed E-state index contributed by atoms with van der Waals surface area (Å²) in [4.78, 5) is 0. The van der Waals surface area contributed by atoms with E-state index >= 15 is 0 Å². The van der Waals surface area contributed by atoms with Gasteiger partial charge >= 0.3 is 0 Å². The van der Waals surface area contributed by atoms with Crippen LogP contribution in [-0.4, -0.2) is 26.4 Å². The monoisotopic (exact) mass is 264 g/mol. The first kappa shape index (κ1) is 12.7. The Balaban J connectivity index is 1.90. The molecular weight excluding hydrogens is 244 g/mol. The third-order valence-corrected chi connectivity index (χ3v) is 3.85. The molecule has 19 heavy (non-hydrogen) atoms. The number of hydrogen-bond acceptors (Lipinski definition) is 5. The van der Waals surface area contributed by atoms with E-state index in [2.05, 4.69) is 11.5 Å². The highest BCUT2D eigenvalue weighted by Gasteiger charge is 2.29. The summed E-state index contributed by atoms with van der Waals surface area (Å²) in [6.45, 7) is 2.80. The molecule has 5 heteroatoms. The van der Waals surface area contributed by atoms with Crippen molar-refractivity contribution in [2.45, 2.75) is 18.9 Å². The van der Waals surface area contributed by atoms with E-state index in [9.17, 15) is 0 Å². The number of hydrogen-bond donors (Lipinski definition) is 2. The Kier molecular flexibility index (Phi) is 3.87. The molecule has 5 nitrogen and oxygen atoms in total. The van der Waals surface area contributed by atoms with E-state index in [1.165, 1.54) is 0 Å². The van der Waals surface area contributed by atoms with Crippen LogP contribution in [0.3, 0.4) is 0 Å². The van der Waals surface area contributed by atoms with Gasteiger partial charge in [0.2, 0.25) is 0 Å². The first-order valence-corrected chi connectivity index (χ1v) is 6.82. The van der Waals surface area contributed by atoms with E-state index in [-0.39, 0.29) is 6.04 Å². The van der Waals surface area contributed by atoms with Gasteiger partial charge in [0.25, 0.3) is 0 Å². The summed E-state index contributed by atoms with van der Waals surface area (Å²) in [7, 11) is 0. The first-order valence-electron chi connectivity index (χ1n) is 6.82. The predicted octanol–water partition coefficient (Wildman–Crippen LogP) is 1.39. The van der Waals surface area contributed by atoms with Crippen LogP contribution >= 0.6 is 0 Å². The van der Waals surface area contributed by atoms with Crippen LogP contribution in [-0.2, 0) is 4.74 Å². The lowest BCUT2D eigenvalue weighted by Gasteiger charge is -2.32. The molecule has 3 rings (SSSR count). The molecule has 1 aromatic carbocycles. The number of rotatable bonds is 3. The van der Waals surface area contributed by atoms with Crippen LogP contribution in [0.25, 0.3) is 0 Å². The van der Waals surface area contributed by atoms with Gasteiger partial charge in [-0.05, 0) is 24.8 Å². The molecule has 0 amide bonds. The molecule has 1 saturated heterocycles. The zero-order valence-electron chi connectivity index (χ0n) is 10.9. The largest absolute Gasteiger partial charge is 0.486 e. The second-order valence-electron chi connectivity index (χ2n) is 4.97. The minimum absolute atomic E-state index is 0.0838. The van der Waals surface area contributed by atoms with Crippen LogP contribution in [0.5, 0.6) is 11.5 Å². The molecule has 2 aliphatic heterocycles. The molecule has 1 aromatic rings. The quantitative estimate of drug-likeness (QED) is 0.638. The lowest BCUT2D eigenvalue weighted by Crippen LogP contribution is -2.36. The standard InChI is InChI=1S/C14H20N2O3/c15-16-13(10-4-6-17-7-5-10)11-2-1-3-12-14(11)19-9-8-18-12/h1-3,10,13,16H,4-9,15H2. The van der Waals surface area contributed by atoms with Gasteiger partial charge in [0.15, 0.2) is 11.5 Å². The Morgan fingerprint density at radius 2 is 1.89 bits per heavy atom. The molecule has 3 N–H and O–H groups in total. The number of nitrogens with two attached hydrogens (primary N) is 1. The van der Waals surface area contributed by atoms with Crippen LogP contribution < -0.4 is 20.7 Å². The van der Waals surface area contributed by atoms with Gasteiger partial charge in [-0.2, -0.15) is 0 Å². The number of hydrazine groups is 1. The second-order valence-corrected chi connectivity index (χ2v) is 4.97. The topological polar surface area (TPSA) is 65.7 Å². The summed E-state index contributed by atoms with van der Waals surface area (Å²) in [5, 5.41) is 0. The second kappa shape index (κ2) is 5.77. The zero-order valence-corrected chi connectivity index (χ0v) is 10.9. The molecule has 1 unspecified atom stereocenters. The number of benzene rings is 1. The van der Waals surface area contributed by atoms with Crippen LogP contribution in [0.1, 0.15) is 24.4 Å². The molecule has 1 atom stereocenters. The Morgan fingerprint density at radius 1 is 1.11 bits per heavy atom. The summed E-state index contributed by atoms with van der Waals surface area (Å²) in [5.74, 6) is 7.90. The van der Waals surface area contributed by atoms with Crippen molar-refractivity contribution in [3.63, 3.8) is 0 Å². The fraction of sp³-hybridized carbons (Fsp3) is 0.571.